The smallest absolute Gasteiger partial charge is 0.338 e. The van der Waals surface area contributed by atoms with E-state index in [1.807, 2.05) is 79.9 Å². The number of aliphatic imine (C=N–C) groups is 1. The summed E-state index contributed by atoms with van der Waals surface area (Å²) in [5, 5.41) is 1.09. The van der Waals surface area contributed by atoms with Crippen molar-refractivity contribution in [2.45, 2.75) is 20.8 Å². The maximum Gasteiger partial charge on any atom is 0.338 e. The topological polar surface area (TPSA) is 56.7 Å². The Balaban J connectivity index is 1.38. The number of para-hydroxylation sites is 1. The zero-order valence-electron chi connectivity index (χ0n) is 20.0. The van der Waals surface area contributed by atoms with E-state index in [1.54, 1.807) is 13.0 Å². The lowest BCUT2D eigenvalue weighted by Gasteiger charge is -2.11. The second-order valence-corrected chi connectivity index (χ2v) is 8.39. The van der Waals surface area contributed by atoms with Crippen LogP contribution in [0.3, 0.4) is 0 Å². The van der Waals surface area contributed by atoms with Gasteiger partial charge in [-0.3, -0.25) is 4.99 Å². The molecule has 5 heteroatoms. The van der Waals surface area contributed by atoms with Crippen LogP contribution in [0.2, 0.25) is 0 Å². The van der Waals surface area contributed by atoms with E-state index in [1.165, 1.54) is 0 Å². The van der Waals surface area contributed by atoms with Crippen LogP contribution in [0.15, 0.2) is 94.3 Å². The lowest BCUT2D eigenvalue weighted by atomic mass is 10.1. The molecule has 0 radical (unpaired) electrons. The van der Waals surface area contributed by atoms with E-state index in [0.29, 0.717) is 12.2 Å². The van der Waals surface area contributed by atoms with E-state index in [4.69, 9.17) is 14.1 Å². The second-order valence-electron chi connectivity index (χ2n) is 8.39. The maximum absolute atomic E-state index is 12.2. The molecule has 3 aromatic carbocycles. The molecular weight excluding hydrogens is 436 g/mol. The third-order valence-electron chi connectivity index (χ3n) is 6.02. The average molecular weight is 463 g/mol. The highest BCUT2D eigenvalue weighted by molar-refractivity contribution is 5.90. The van der Waals surface area contributed by atoms with Crippen LogP contribution < -0.4 is 0 Å². The van der Waals surface area contributed by atoms with Crippen LogP contribution in [-0.4, -0.2) is 23.4 Å². The first kappa shape index (κ1) is 22.4. The van der Waals surface area contributed by atoms with Crippen molar-refractivity contribution in [1.29, 1.82) is 0 Å². The number of hydrogen-bond donors (Lipinski definition) is 0. The molecule has 35 heavy (non-hydrogen) atoms. The molecule has 0 aliphatic heterocycles. The lowest BCUT2D eigenvalue weighted by molar-refractivity contribution is 0.0526. The van der Waals surface area contributed by atoms with Crippen LogP contribution >= 0.6 is 0 Å². The van der Waals surface area contributed by atoms with Crippen molar-refractivity contribution in [3.63, 3.8) is 0 Å². The molecule has 5 rings (SSSR count). The summed E-state index contributed by atoms with van der Waals surface area (Å²) >= 11 is 0. The SMILES string of the molecule is CCOC(=O)c1cccc(-n2c(C)cc(C=Nc3ccc(-c4cc5ccccc5o4)cc3)c2C)c1. The molecule has 0 unspecified atom stereocenters. The fourth-order valence-corrected chi connectivity index (χ4v) is 4.28. The highest BCUT2D eigenvalue weighted by atomic mass is 16.5. The van der Waals surface area contributed by atoms with E-state index < -0.39 is 0 Å². The van der Waals surface area contributed by atoms with Gasteiger partial charge >= 0.3 is 5.97 Å². The van der Waals surface area contributed by atoms with Crippen molar-refractivity contribution in [2.24, 2.45) is 4.99 Å². The van der Waals surface area contributed by atoms with Crippen molar-refractivity contribution < 1.29 is 13.9 Å². The van der Waals surface area contributed by atoms with E-state index in [2.05, 4.69) is 23.6 Å². The number of furan rings is 1. The number of carbonyl (C=O) groups excluding carboxylic acids is 1. The zero-order chi connectivity index (χ0) is 24.4. The summed E-state index contributed by atoms with van der Waals surface area (Å²) in [6.45, 7) is 6.25. The first-order chi connectivity index (χ1) is 17.0. The Morgan fingerprint density at radius 1 is 0.971 bits per heavy atom. The lowest BCUT2D eigenvalue weighted by Crippen LogP contribution is -2.06. The van der Waals surface area contributed by atoms with Crippen LogP contribution in [0.1, 0.15) is 34.2 Å². The minimum atomic E-state index is -0.315. The molecular formula is C30H26N2O3. The summed E-state index contributed by atoms with van der Waals surface area (Å²) in [6.07, 6.45) is 1.88. The third kappa shape index (κ3) is 4.53. The molecule has 0 bridgehead atoms. The van der Waals surface area contributed by atoms with Gasteiger partial charge in [-0.1, -0.05) is 24.3 Å². The van der Waals surface area contributed by atoms with Gasteiger partial charge in [-0.05, 0) is 81.4 Å². The number of esters is 1. The van der Waals surface area contributed by atoms with Crippen LogP contribution in [0, 0.1) is 13.8 Å². The molecule has 5 nitrogen and oxygen atoms in total. The first-order valence-corrected chi connectivity index (χ1v) is 11.6. The van der Waals surface area contributed by atoms with Crippen molar-refractivity contribution in [1.82, 2.24) is 4.57 Å². The molecule has 0 aliphatic rings. The van der Waals surface area contributed by atoms with Crippen molar-refractivity contribution in [3.8, 4) is 17.0 Å². The van der Waals surface area contributed by atoms with Gasteiger partial charge in [0.2, 0.25) is 0 Å². The molecule has 0 N–H and O–H groups in total. The Labute approximate surface area is 204 Å². The average Bonchev–Trinajstić information content (AvgIpc) is 3.43. The number of fused-ring (bicyclic) bond motifs is 1. The fourth-order valence-electron chi connectivity index (χ4n) is 4.28. The van der Waals surface area contributed by atoms with Gasteiger partial charge in [0.25, 0.3) is 0 Å². The van der Waals surface area contributed by atoms with Gasteiger partial charge in [0.1, 0.15) is 11.3 Å². The highest BCUT2D eigenvalue weighted by Crippen LogP contribution is 2.29. The number of aromatic nitrogens is 1. The van der Waals surface area contributed by atoms with E-state index in [-0.39, 0.29) is 5.97 Å². The van der Waals surface area contributed by atoms with Crippen LogP contribution in [0.4, 0.5) is 5.69 Å². The van der Waals surface area contributed by atoms with E-state index in [9.17, 15) is 4.79 Å². The number of ether oxygens (including phenoxy) is 1. The van der Waals surface area contributed by atoms with Crippen LogP contribution in [-0.2, 0) is 4.74 Å². The highest BCUT2D eigenvalue weighted by Gasteiger charge is 2.13. The number of rotatable bonds is 6. The summed E-state index contributed by atoms with van der Waals surface area (Å²) in [7, 11) is 0. The van der Waals surface area contributed by atoms with E-state index >= 15 is 0 Å². The molecule has 0 atom stereocenters. The normalized spacial score (nSPS) is 11.4. The van der Waals surface area contributed by atoms with Gasteiger partial charge < -0.3 is 13.7 Å². The van der Waals surface area contributed by atoms with Crippen LogP contribution in [0.25, 0.3) is 28.0 Å². The van der Waals surface area contributed by atoms with Gasteiger partial charge in [0.05, 0.1) is 17.9 Å². The van der Waals surface area contributed by atoms with Gasteiger partial charge in [-0.25, -0.2) is 4.79 Å². The van der Waals surface area contributed by atoms with Gasteiger partial charge in [-0.2, -0.15) is 0 Å². The third-order valence-corrected chi connectivity index (χ3v) is 6.02. The molecule has 2 aromatic heterocycles. The summed E-state index contributed by atoms with van der Waals surface area (Å²) < 4.78 is 13.2. The number of aryl methyl sites for hydroxylation is 1. The molecule has 0 saturated heterocycles. The summed E-state index contributed by atoms with van der Waals surface area (Å²) in [5.74, 6) is 0.528. The van der Waals surface area contributed by atoms with Crippen molar-refractivity contribution in [3.05, 3.63) is 107 Å². The van der Waals surface area contributed by atoms with Gasteiger partial charge in [0.15, 0.2) is 0 Å². The Bertz CT molecular complexity index is 1500. The number of carbonyl (C=O) groups is 1. The zero-order valence-corrected chi connectivity index (χ0v) is 20.0. The molecule has 0 aliphatic carbocycles. The largest absolute Gasteiger partial charge is 0.462 e. The number of benzene rings is 3. The Kier molecular flexibility index (Phi) is 6.06. The molecule has 0 spiro atoms. The number of nitrogens with zero attached hydrogens (tertiary/aromatic N) is 2. The quantitative estimate of drug-likeness (QED) is 0.195. The Morgan fingerprint density at radius 2 is 1.77 bits per heavy atom. The molecule has 0 fully saturated rings. The monoisotopic (exact) mass is 462 g/mol. The standard InChI is InChI=1S/C30H26N2O3/c1-4-34-30(33)24-9-7-10-27(17-24)32-20(2)16-25(21(32)3)19-31-26-14-12-22(13-15-26)29-18-23-8-5-6-11-28(23)35-29/h5-19H,4H2,1-3H3. The molecule has 174 valence electrons. The minimum Gasteiger partial charge on any atom is -0.462 e. The number of hydrogen-bond acceptors (Lipinski definition) is 4. The second kappa shape index (κ2) is 9.47. The summed E-state index contributed by atoms with van der Waals surface area (Å²) in [6, 6.07) is 27.7. The summed E-state index contributed by atoms with van der Waals surface area (Å²) in [5.41, 5.74) is 7.34. The van der Waals surface area contributed by atoms with Gasteiger partial charge in [0, 0.05) is 39.8 Å². The molecule has 0 saturated carbocycles. The van der Waals surface area contributed by atoms with Gasteiger partial charge in [-0.15, -0.1) is 0 Å². The first-order valence-electron chi connectivity index (χ1n) is 11.6. The Morgan fingerprint density at radius 3 is 2.54 bits per heavy atom. The predicted octanol–water partition coefficient (Wildman–Crippen LogP) is 7.43. The molecule has 5 aromatic rings. The molecule has 0 amide bonds. The predicted molar refractivity (Wildman–Crippen MR) is 140 cm³/mol. The van der Waals surface area contributed by atoms with Crippen LogP contribution in [0.5, 0.6) is 0 Å². The van der Waals surface area contributed by atoms with Crippen molar-refractivity contribution in [2.75, 3.05) is 6.61 Å². The fraction of sp³-hybridized carbons (Fsp3) is 0.133. The Hall–Kier alpha value is -4.38. The summed E-state index contributed by atoms with van der Waals surface area (Å²) in [4.78, 5) is 16.9. The molecule has 2 heterocycles. The van der Waals surface area contributed by atoms with E-state index in [0.717, 1.165) is 50.6 Å². The van der Waals surface area contributed by atoms with Crippen molar-refractivity contribution >= 4 is 28.8 Å². The minimum absolute atomic E-state index is 0.315. The maximum atomic E-state index is 12.2.